The topological polar surface area (TPSA) is 59.0 Å². The van der Waals surface area contributed by atoms with Gasteiger partial charge in [0.1, 0.15) is 11.8 Å². The average molecular weight is 297 g/mol. The van der Waals surface area contributed by atoms with Gasteiger partial charge in [-0.15, -0.1) is 0 Å². The van der Waals surface area contributed by atoms with E-state index in [2.05, 4.69) is 22.0 Å². The minimum Gasteiger partial charge on any atom is -0.474 e. The van der Waals surface area contributed by atoms with E-state index in [4.69, 9.17) is 15.7 Å². The summed E-state index contributed by atoms with van der Waals surface area (Å²) in [7, 11) is 0. The van der Waals surface area contributed by atoms with Crippen LogP contribution in [0.2, 0.25) is 0 Å². The SMILES string of the molecule is CCC(C#N)Oc1c(Br)cccc1CC(C)N. The summed E-state index contributed by atoms with van der Waals surface area (Å²) in [4.78, 5) is 0. The Labute approximate surface area is 111 Å². The molecule has 0 saturated carbocycles. The summed E-state index contributed by atoms with van der Waals surface area (Å²) in [5.74, 6) is 0.734. The molecule has 2 unspecified atom stereocenters. The molecule has 0 fully saturated rings. The third kappa shape index (κ3) is 4.03. The molecule has 0 heterocycles. The van der Waals surface area contributed by atoms with Crippen molar-refractivity contribution in [3.8, 4) is 11.8 Å². The molecule has 2 N–H and O–H groups in total. The lowest BCUT2D eigenvalue weighted by molar-refractivity contribution is 0.247. The van der Waals surface area contributed by atoms with Gasteiger partial charge in [-0.1, -0.05) is 19.1 Å². The quantitative estimate of drug-likeness (QED) is 0.908. The minimum atomic E-state index is -0.416. The number of hydrogen-bond donors (Lipinski definition) is 1. The first kappa shape index (κ1) is 14.0. The molecule has 0 saturated heterocycles. The number of para-hydroxylation sites is 1. The van der Waals surface area contributed by atoms with E-state index in [1.165, 1.54) is 0 Å². The Balaban J connectivity index is 2.99. The number of rotatable bonds is 5. The zero-order valence-corrected chi connectivity index (χ0v) is 11.7. The molecule has 0 aliphatic carbocycles. The van der Waals surface area contributed by atoms with E-state index >= 15 is 0 Å². The summed E-state index contributed by atoms with van der Waals surface area (Å²) in [6.45, 7) is 3.88. The Hall–Kier alpha value is -1.05. The van der Waals surface area contributed by atoms with Crippen LogP contribution in [-0.2, 0) is 6.42 Å². The highest BCUT2D eigenvalue weighted by atomic mass is 79.9. The van der Waals surface area contributed by atoms with Crippen LogP contribution in [0, 0.1) is 11.3 Å². The second-order valence-corrected chi connectivity index (χ2v) is 4.91. The van der Waals surface area contributed by atoms with E-state index in [1.807, 2.05) is 32.0 Å². The molecule has 0 aromatic heterocycles. The molecule has 0 aliphatic rings. The molecule has 17 heavy (non-hydrogen) atoms. The van der Waals surface area contributed by atoms with Crippen molar-refractivity contribution in [2.24, 2.45) is 5.73 Å². The summed E-state index contributed by atoms with van der Waals surface area (Å²) in [6, 6.07) is 8.03. The van der Waals surface area contributed by atoms with Gasteiger partial charge in [0.05, 0.1) is 4.47 Å². The van der Waals surface area contributed by atoms with Crippen molar-refractivity contribution < 1.29 is 4.74 Å². The molecule has 0 aliphatic heterocycles. The Bertz CT molecular complexity index is 412. The third-order valence-corrected chi connectivity index (χ3v) is 2.99. The highest BCUT2D eigenvalue weighted by Gasteiger charge is 2.14. The average Bonchev–Trinajstić information content (AvgIpc) is 2.28. The van der Waals surface area contributed by atoms with Crippen molar-refractivity contribution >= 4 is 15.9 Å². The summed E-state index contributed by atoms with van der Waals surface area (Å²) in [5.41, 5.74) is 6.83. The number of halogens is 1. The van der Waals surface area contributed by atoms with Crippen molar-refractivity contribution in [3.05, 3.63) is 28.2 Å². The fraction of sp³-hybridized carbons (Fsp3) is 0.462. The molecule has 0 bridgehead atoms. The van der Waals surface area contributed by atoms with Crippen LogP contribution in [0.3, 0.4) is 0 Å². The number of hydrogen-bond acceptors (Lipinski definition) is 3. The predicted octanol–water partition coefficient (Wildman–Crippen LogP) is 3.02. The van der Waals surface area contributed by atoms with Gasteiger partial charge in [0, 0.05) is 6.04 Å². The lowest BCUT2D eigenvalue weighted by Gasteiger charge is -2.17. The van der Waals surface area contributed by atoms with E-state index in [1.54, 1.807) is 0 Å². The van der Waals surface area contributed by atoms with Gasteiger partial charge in [0.2, 0.25) is 0 Å². The largest absolute Gasteiger partial charge is 0.474 e. The normalized spacial score (nSPS) is 13.8. The maximum absolute atomic E-state index is 8.94. The Kier molecular flexibility index (Phi) is 5.46. The van der Waals surface area contributed by atoms with Gasteiger partial charge in [-0.25, -0.2) is 0 Å². The first-order chi connectivity index (χ1) is 8.08. The molecule has 0 spiro atoms. The first-order valence-corrected chi connectivity index (χ1v) is 6.47. The van der Waals surface area contributed by atoms with Crippen molar-refractivity contribution in [3.63, 3.8) is 0 Å². The smallest absolute Gasteiger partial charge is 0.184 e. The number of benzene rings is 1. The molecule has 1 aromatic rings. The monoisotopic (exact) mass is 296 g/mol. The maximum atomic E-state index is 8.94. The Morgan fingerprint density at radius 3 is 2.76 bits per heavy atom. The first-order valence-electron chi connectivity index (χ1n) is 5.67. The number of ether oxygens (including phenoxy) is 1. The number of nitriles is 1. The lowest BCUT2D eigenvalue weighted by atomic mass is 10.1. The van der Waals surface area contributed by atoms with Crippen LogP contribution in [0.5, 0.6) is 5.75 Å². The van der Waals surface area contributed by atoms with Gasteiger partial charge in [0.15, 0.2) is 6.10 Å². The molecule has 2 atom stereocenters. The molecule has 3 nitrogen and oxygen atoms in total. The molecular formula is C13H17BrN2O. The third-order valence-electron chi connectivity index (χ3n) is 2.37. The highest BCUT2D eigenvalue weighted by molar-refractivity contribution is 9.10. The molecule has 0 radical (unpaired) electrons. The van der Waals surface area contributed by atoms with Crippen molar-refractivity contribution in [1.82, 2.24) is 0 Å². The molecule has 92 valence electrons. The highest BCUT2D eigenvalue weighted by Crippen LogP contribution is 2.31. The van der Waals surface area contributed by atoms with E-state index in [9.17, 15) is 0 Å². The summed E-state index contributed by atoms with van der Waals surface area (Å²) in [6.07, 6.45) is 0.979. The van der Waals surface area contributed by atoms with Gasteiger partial charge >= 0.3 is 0 Å². The van der Waals surface area contributed by atoms with Crippen LogP contribution in [0.15, 0.2) is 22.7 Å². The minimum absolute atomic E-state index is 0.0637. The van der Waals surface area contributed by atoms with Crippen molar-refractivity contribution in [2.75, 3.05) is 0 Å². The summed E-state index contributed by atoms with van der Waals surface area (Å²) < 4.78 is 6.58. The van der Waals surface area contributed by atoms with Crippen LogP contribution in [0.4, 0.5) is 0 Å². The van der Waals surface area contributed by atoms with Gasteiger partial charge in [-0.2, -0.15) is 5.26 Å². The molecule has 1 aromatic carbocycles. The van der Waals surface area contributed by atoms with Gasteiger partial charge in [0.25, 0.3) is 0 Å². The van der Waals surface area contributed by atoms with E-state index in [0.29, 0.717) is 6.42 Å². The van der Waals surface area contributed by atoms with Crippen molar-refractivity contribution in [2.45, 2.75) is 38.8 Å². The fourth-order valence-electron chi connectivity index (χ4n) is 1.54. The number of nitrogens with two attached hydrogens (primary N) is 1. The van der Waals surface area contributed by atoms with Crippen LogP contribution in [-0.4, -0.2) is 12.1 Å². The summed E-state index contributed by atoms with van der Waals surface area (Å²) >= 11 is 3.45. The molecule has 4 heteroatoms. The second kappa shape index (κ2) is 6.63. The Morgan fingerprint density at radius 1 is 1.53 bits per heavy atom. The van der Waals surface area contributed by atoms with Gasteiger partial charge in [-0.3, -0.25) is 0 Å². The zero-order valence-electron chi connectivity index (χ0n) is 10.1. The molecule has 1 rings (SSSR count). The molecular weight excluding hydrogens is 280 g/mol. The predicted molar refractivity (Wildman–Crippen MR) is 71.8 cm³/mol. The fourth-order valence-corrected chi connectivity index (χ4v) is 2.04. The summed E-state index contributed by atoms with van der Waals surface area (Å²) in [5, 5.41) is 8.94. The lowest BCUT2D eigenvalue weighted by Crippen LogP contribution is -2.20. The second-order valence-electron chi connectivity index (χ2n) is 4.05. The van der Waals surface area contributed by atoms with Crippen LogP contribution < -0.4 is 10.5 Å². The maximum Gasteiger partial charge on any atom is 0.184 e. The van der Waals surface area contributed by atoms with Gasteiger partial charge in [-0.05, 0) is 47.3 Å². The van der Waals surface area contributed by atoms with E-state index < -0.39 is 6.10 Å². The van der Waals surface area contributed by atoms with Crippen molar-refractivity contribution in [1.29, 1.82) is 5.26 Å². The van der Waals surface area contributed by atoms with E-state index in [-0.39, 0.29) is 6.04 Å². The van der Waals surface area contributed by atoms with E-state index in [0.717, 1.165) is 22.2 Å². The Morgan fingerprint density at radius 2 is 2.24 bits per heavy atom. The number of nitrogens with zero attached hydrogens (tertiary/aromatic N) is 1. The van der Waals surface area contributed by atoms with Crippen LogP contribution in [0.1, 0.15) is 25.8 Å². The molecule has 0 amide bonds. The van der Waals surface area contributed by atoms with Crippen LogP contribution >= 0.6 is 15.9 Å². The standard InChI is InChI=1S/C13H17BrN2O/c1-3-11(8-15)17-13-10(7-9(2)16)5-4-6-12(13)14/h4-6,9,11H,3,7,16H2,1-2H3. The van der Waals surface area contributed by atoms with Crippen LogP contribution in [0.25, 0.3) is 0 Å². The zero-order chi connectivity index (χ0) is 12.8. The van der Waals surface area contributed by atoms with Gasteiger partial charge < -0.3 is 10.5 Å².